The van der Waals surface area contributed by atoms with Crippen LogP contribution in [0.5, 0.6) is 0 Å². The Morgan fingerprint density at radius 3 is 2.67 bits per heavy atom. The molecule has 0 bridgehead atoms. The summed E-state index contributed by atoms with van der Waals surface area (Å²) < 4.78 is 4.97. The van der Waals surface area contributed by atoms with Crippen LogP contribution in [-0.4, -0.2) is 17.9 Å². The van der Waals surface area contributed by atoms with Gasteiger partial charge in [0.25, 0.3) is 0 Å². The molecule has 1 amide bonds. The minimum atomic E-state index is -0.635. The summed E-state index contributed by atoms with van der Waals surface area (Å²) >= 11 is 0. The Morgan fingerprint density at radius 1 is 1.39 bits per heavy atom. The maximum atomic E-state index is 11.4. The lowest BCUT2D eigenvalue weighted by atomic mass is 10.2. The lowest BCUT2D eigenvalue weighted by Gasteiger charge is -2.11. The Labute approximate surface area is 106 Å². The van der Waals surface area contributed by atoms with Gasteiger partial charge in [-0.3, -0.25) is 4.79 Å². The molecule has 1 unspecified atom stereocenters. The van der Waals surface area contributed by atoms with Gasteiger partial charge in [0.2, 0.25) is 0 Å². The molecule has 1 atom stereocenters. The fourth-order valence-electron chi connectivity index (χ4n) is 1.28. The van der Waals surface area contributed by atoms with E-state index in [1.54, 1.807) is 6.92 Å². The molecule has 0 aliphatic carbocycles. The predicted molar refractivity (Wildman–Crippen MR) is 67.7 cm³/mol. The van der Waals surface area contributed by atoms with Gasteiger partial charge in [-0.25, -0.2) is 4.79 Å². The van der Waals surface area contributed by atoms with Crippen LogP contribution in [-0.2, 0) is 16.1 Å². The zero-order valence-electron chi connectivity index (χ0n) is 10.2. The Kier molecular flexibility index (Phi) is 5.46. The molecule has 0 aliphatic heterocycles. The minimum Gasteiger partial charge on any atom is -0.445 e. The molecule has 0 fully saturated rings. The van der Waals surface area contributed by atoms with Crippen LogP contribution in [0.1, 0.15) is 18.9 Å². The smallest absolute Gasteiger partial charge is 0.408 e. The molecule has 0 aromatic heterocycles. The van der Waals surface area contributed by atoms with Gasteiger partial charge in [0.05, 0.1) is 12.5 Å². The van der Waals surface area contributed by atoms with Crippen molar-refractivity contribution in [2.24, 2.45) is 0 Å². The van der Waals surface area contributed by atoms with Crippen molar-refractivity contribution >= 4 is 11.9 Å². The lowest BCUT2D eigenvalue weighted by Crippen LogP contribution is -2.38. The number of ether oxygens (including phenoxy) is 1. The number of benzene rings is 1. The van der Waals surface area contributed by atoms with E-state index in [0.29, 0.717) is 0 Å². The number of nitrogens with one attached hydrogen (secondary N) is 1. The average Bonchev–Trinajstić information content (AvgIpc) is 2.38. The molecule has 0 saturated heterocycles. The number of terminal acetylenes is 1. The van der Waals surface area contributed by atoms with Gasteiger partial charge < -0.3 is 10.1 Å². The van der Waals surface area contributed by atoms with E-state index in [-0.39, 0.29) is 18.8 Å². The largest absolute Gasteiger partial charge is 0.445 e. The van der Waals surface area contributed by atoms with Gasteiger partial charge in [0.15, 0.2) is 5.78 Å². The Hall–Kier alpha value is -2.28. The molecule has 1 rings (SSSR count). The van der Waals surface area contributed by atoms with Crippen molar-refractivity contribution in [1.29, 1.82) is 0 Å². The van der Waals surface area contributed by atoms with E-state index in [4.69, 9.17) is 11.2 Å². The highest BCUT2D eigenvalue weighted by Gasteiger charge is 2.14. The van der Waals surface area contributed by atoms with Crippen LogP contribution >= 0.6 is 0 Å². The van der Waals surface area contributed by atoms with E-state index in [0.717, 1.165) is 5.56 Å². The second-order valence-electron chi connectivity index (χ2n) is 3.77. The van der Waals surface area contributed by atoms with E-state index in [9.17, 15) is 9.59 Å². The van der Waals surface area contributed by atoms with Gasteiger partial charge in [-0.1, -0.05) is 36.3 Å². The van der Waals surface area contributed by atoms with Crippen molar-refractivity contribution in [3.05, 3.63) is 35.9 Å². The Morgan fingerprint density at radius 2 is 2.06 bits per heavy atom. The van der Waals surface area contributed by atoms with Gasteiger partial charge in [0, 0.05) is 0 Å². The van der Waals surface area contributed by atoms with E-state index >= 15 is 0 Å². The van der Waals surface area contributed by atoms with Crippen LogP contribution in [0.15, 0.2) is 30.3 Å². The maximum Gasteiger partial charge on any atom is 0.408 e. The molecular weight excluding hydrogens is 230 g/mol. The number of hydrogen-bond donors (Lipinski definition) is 1. The van der Waals surface area contributed by atoms with Gasteiger partial charge in [0.1, 0.15) is 6.61 Å². The summed E-state index contributed by atoms with van der Waals surface area (Å²) in [6.45, 7) is 1.74. The normalized spacial score (nSPS) is 11.1. The van der Waals surface area contributed by atoms with Crippen LogP contribution in [0, 0.1) is 12.3 Å². The van der Waals surface area contributed by atoms with Crippen LogP contribution in [0.25, 0.3) is 0 Å². The quantitative estimate of drug-likeness (QED) is 0.806. The number of alkyl carbamates (subject to hydrolysis) is 1. The molecule has 0 heterocycles. The summed E-state index contributed by atoms with van der Waals surface area (Å²) in [7, 11) is 0. The molecular formula is C14H15NO3. The third-order valence-corrected chi connectivity index (χ3v) is 2.31. The topological polar surface area (TPSA) is 55.4 Å². The van der Waals surface area contributed by atoms with Crippen molar-refractivity contribution in [3.8, 4) is 12.3 Å². The summed E-state index contributed by atoms with van der Waals surface area (Å²) in [5.41, 5.74) is 0.884. The number of amides is 1. The molecule has 4 heteroatoms. The van der Waals surface area contributed by atoms with Crippen LogP contribution in [0.2, 0.25) is 0 Å². The van der Waals surface area contributed by atoms with E-state index in [1.165, 1.54) is 0 Å². The standard InChI is InChI=1S/C14H15NO3/c1-3-7-13(16)11(2)15-14(17)18-10-12-8-5-4-6-9-12/h1,4-6,8-9,11H,7,10H2,2H3,(H,15,17). The van der Waals surface area contributed by atoms with E-state index in [2.05, 4.69) is 11.2 Å². The third kappa shape index (κ3) is 4.71. The summed E-state index contributed by atoms with van der Waals surface area (Å²) in [5.74, 6) is 2.02. The number of ketones is 1. The molecule has 18 heavy (non-hydrogen) atoms. The molecule has 1 N–H and O–H groups in total. The number of carbonyl (C=O) groups is 2. The zero-order valence-corrected chi connectivity index (χ0v) is 10.2. The average molecular weight is 245 g/mol. The van der Waals surface area contributed by atoms with Crippen LogP contribution < -0.4 is 5.32 Å². The number of hydrogen-bond acceptors (Lipinski definition) is 3. The second kappa shape index (κ2) is 7.13. The maximum absolute atomic E-state index is 11.4. The molecule has 1 aromatic carbocycles. The minimum absolute atomic E-state index is 0.000131. The first-order valence-corrected chi connectivity index (χ1v) is 5.57. The van der Waals surface area contributed by atoms with Gasteiger partial charge >= 0.3 is 6.09 Å². The van der Waals surface area contributed by atoms with E-state index < -0.39 is 12.1 Å². The molecule has 0 radical (unpaired) electrons. The van der Waals surface area contributed by atoms with Crippen molar-refractivity contribution in [2.45, 2.75) is 26.0 Å². The summed E-state index contributed by atoms with van der Waals surface area (Å²) in [4.78, 5) is 22.7. The molecule has 4 nitrogen and oxygen atoms in total. The fraction of sp³-hybridized carbons (Fsp3) is 0.286. The second-order valence-corrected chi connectivity index (χ2v) is 3.77. The molecule has 1 aromatic rings. The zero-order chi connectivity index (χ0) is 13.4. The van der Waals surface area contributed by atoms with Gasteiger partial charge in [-0.2, -0.15) is 0 Å². The summed E-state index contributed by atoms with van der Waals surface area (Å²) in [6.07, 6.45) is 4.39. The monoisotopic (exact) mass is 245 g/mol. The highest BCUT2D eigenvalue weighted by molar-refractivity contribution is 5.88. The first-order chi connectivity index (χ1) is 8.63. The number of carbonyl (C=O) groups excluding carboxylic acids is 2. The molecule has 94 valence electrons. The molecule has 0 spiro atoms. The van der Waals surface area contributed by atoms with Crippen LogP contribution in [0.3, 0.4) is 0 Å². The highest BCUT2D eigenvalue weighted by Crippen LogP contribution is 2.01. The fourth-order valence-corrected chi connectivity index (χ4v) is 1.28. The van der Waals surface area contributed by atoms with E-state index in [1.807, 2.05) is 30.3 Å². The van der Waals surface area contributed by atoms with Crippen molar-refractivity contribution in [2.75, 3.05) is 0 Å². The van der Waals surface area contributed by atoms with Crippen molar-refractivity contribution < 1.29 is 14.3 Å². The van der Waals surface area contributed by atoms with Gasteiger partial charge in [-0.15, -0.1) is 6.42 Å². The third-order valence-electron chi connectivity index (χ3n) is 2.31. The first kappa shape index (κ1) is 13.8. The SMILES string of the molecule is C#CCC(=O)C(C)NC(=O)OCc1ccccc1. The Bertz CT molecular complexity index is 448. The van der Waals surface area contributed by atoms with Crippen molar-refractivity contribution in [3.63, 3.8) is 0 Å². The summed E-state index contributed by atoms with van der Waals surface area (Å²) in [5, 5.41) is 2.43. The van der Waals surface area contributed by atoms with Gasteiger partial charge in [-0.05, 0) is 12.5 Å². The van der Waals surface area contributed by atoms with Crippen molar-refractivity contribution in [1.82, 2.24) is 5.32 Å². The van der Waals surface area contributed by atoms with Crippen LogP contribution in [0.4, 0.5) is 4.79 Å². The Balaban J connectivity index is 2.34. The first-order valence-electron chi connectivity index (χ1n) is 5.57. The lowest BCUT2D eigenvalue weighted by molar-refractivity contribution is -0.119. The summed E-state index contributed by atoms with van der Waals surface area (Å²) in [6, 6.07) is 8.65. The molecule has 0 aliphatic rings. The number of rotatable bonds is 5. The highest BCUT2D eigenvalue weighted by atomic mass is 16.5. The number of Topliss-reactive ketones (excluding diaryl/α,β-unsaturated/α-hetero) is 1. The predicted octanol–water partition coefficient (Wildman–Crippen LogP) is 1.89. The molecule has 0 saturated carbocycles.